The Morgan fingerprint density at radius 2 is 2.18 bits per heavy atom. The third-order valence-corrected chi connectivity index (χ3v) is 2.98. The van der Waals surface area contributed by atoms with Gasteiger partial charge in [-0.3, -0.25) is 0 Å². The molecule has 0 radical (unpaired) electrons. The second kappa shape index (κ2) is 5.98. The first-order valence-electron chi connectivity index (χ1n) is 6.07. The standard InChI is InChI=1S/C13H19NO3/c1-10-6-12(8-15)7-13(14-10)17-9-11-2-4-16-5-3-11/h6-7,11,15H,2-5,8-9H2,1H3. The first-order chi connectivity index (χ1) is 8.28. The molecule has 2 rings (SSSR count). The molecule has 94 valence electrons. The van der Waals surface area contributed by atoms with Crippen LogP contribution >= 0.6 is 0 Å². The molecule has 0 aromatic carbocycles. The minimum Gasteiger partial charge on any atom is -0.477 e. The van der Waals surface area contributed by atoms with Gasteiger partial charge in [0.15, 0.2) is 0 Å². The molecule has 0 atom stereocenters. The fraction of sp³-hybridized carbons (Fsp3) is 0.615. The topological polar surface area (TPSA) is 51.6 Å². The molecule has 0 saturated carbocycles. The van der Waals surface area contributed by atoms with Crippen molar-refractivity contribution in [3.8, 4) is 5.88 Å². The van der Waals surface area contributed by atoms with Crippen molar-refractivity contribution < 1.29 is 14.6 Å². The maximum Gasteiger partial charge on any atom is 0.213 e. The quantitative estimate of drug-likeness (QED) is 0.865. The van der Waals surface area contributed by atoms with E-state index in [1.807, 2.05) is 13.0 Å². The van der Waals surface area contributed by atoms with Crippen LogP contribution in [0.5, 0.6) is 5.88 Å². The number of hydrogen-bond donors (Lipinski definition) is 1. The molecule has 1 aromatic heterocycles. The van der Waals surface area contributed by atoms with E-state index in [0.29, 0.717) is 18.4 Å². The predicted octanol–water partition coefficient (Wildman–Crippen LogP) is 1.69. The maximum atomic E-state index is 9.10. The van der Waals surface area contributed by atoms with Crippen LogP contribution in [0.3, 0.4) is 0 Å². The Balaban J connectivity index is 1.91. The average molecular weight is 237 g/mol. The van der Waals surface area contributed by atoms with Crippen molar-refractivity contribution in [1.29, 1.82) is 0 Å². The van der Waals surface area contributed by atoms with Crippen molar-refractivity contribution in [2.24, 2.45) is 5.92 Å². The van der Waals surface area contributed by atoms with Gasteiger partial charge in [-0.25, -0.2) is 4.98 Å². The highest BCUT2D eigenvalue weighted by molar-refractivity contribution is 5.23. The Morgan fingerprint density at radius 1 is 1.41 bits per heavy atom. The summed E-state index contributed by atoms with van der Waals surface area (Å²) in [6.07, 6.45) is 2.11. The normalized spacial score (nSPS) is 17.1. The molecule has 1 aromatic rings. The van der Waals surface area contributed by atoms with Crippen LogP contribution in [0.25, 0.3) is 0 Å². The summed E-state index contributed by atoms with van der Waals surface area (Å²) >= 11 is 0. The van der Waals surface area contributed by atoms with Crippen LogP contribution < -0.4 is 4.74 Å². The van der Waals surface area contributed by atoms with E-state index >= 15 is 0 Å². The molecule has 4 heteroatoms. The van der Waals surface area contributed by atoms with Gasteiger partial charge in [0.1, 0.15) is 0 Å². The monoisotopic (exact) mass is 237 g/mol. The fourth-order valence-corrected chi connectivity index (χ4v) is 1.99. The molecule has 1 N–H and O–H groups in total. The molecule has 1 fully saturated rings. The van der Waals surface area contributed by atoms with Gasteiger partial charge in [0.25, 0.3) is 0 Å². The average Bonchev–Trinajstić information content (AvgIpc) is 2.37. The second-order valence-electron chi connectivity index (χ2n) is 4.48. The van der Waals surface area contributed by atoms with Gasteiger partial charge in [-0.1, -0.05) is 0 Å². The number of aliphatic hydroxyl groups excluding tert-OH is 1. The lowest BCUT2D eigenvalue weighted by Gasteiger charge is -2.21. The minimum atomic E-state index is 0.0248. The van der Waals surface area contributed by atoms with Crippen LogP contribution in [0.4, 0.5) is 0 Å². The number of pyridine rings is 1. The number of aromatic nitrogens is 1. The third-order valence-electron chi connectivity index (χ3n) is 2.98. The van der Waals surface area contributed by atoms with E-state index < -0.39 is 0 Å². The van der Waals surface area contributed by atoms with Crippen molar-refractivity contribution in [3.63, 3.8) is 0 Å². The van der Waals surface area contributed by atoms with E-state index in [1.165, 1.54) is 0 Å². The lowest BCUT2D eigenvalue weighted by molar-refractivity contribution is 0.0490. The van der Waals surface area contributed by atoms with Crippen molar-refractivity contribution in [2.75, 3.05) is 19.8 Å². The van der Waals surface area contributed by atoms with E-state index in [0.717, 1.165) is 37.3 Å². The van der Waals surface area contributed by atoms with Crippen LogP contribution in [0.1, 0.15) is 24.1 Å². The molecule has 0 bridgehead atoms. The highest BCUT2D eigenvalue weighted by atomic mass is 16.5. The number of aliphatic hydroxyl groups is 1. The molecule has 2 heterocycles. The fourth-order valence-electron chi connectivity index (χ4n) is 1.99. The van der Waals surface area contributed by atoms with Crippen molar-refractivity contribution in [1.82, 2.24) is 4.98 Å². The maximum absolute atomic E-state index is 9.10. The van der Waals surface area contributed by atoms with Gasteiger partial charge in [-0.2, -0.15) is 0 Å². The molecule has 0 spiro atoms. The Kier molecular flexibility index (Phi) is 4.34. The van der Waals surface area contributed by atoms with Gasteiger partial charge in [0.2, 0.25) is 5.88 Å². The minimum absolute atomic E-state index is 0.0248. The van der Waals surface area contributed by atoms with Crippen LogP contribution in [0.15, 0.2) is 12.1 Å². The Morgan fingerprint density at radius 3 is 2.88 bits per heavy atom. The molecule has 0 amide bonds. The molecule has 1 saturated heterocycles. The van der Waals surface area contributed by atoms with E-state index in [9.17, 15) is 0 Å². The highest BCUT2D eigenvalue weighted by Gasteiger charge is 2.14. The lowest BCUT2D eigenvalue weighted by Crippen LogP contribution is -2.21. The first-order valence-corrected chi connectivity index (χ1v) is 6.07. The summed E-state index contributed by atoms with van der Waals surface area (Å²) in [6.45, 7) is 4.27. The highest BCUT2D eigenvalue weighted by Crippen LogP contribution is 2.18. The summed E-state index contributed by atoms with van der Waals surface area (Å²) in [4.78, 5) is 4.30. The van der Waals surface area contributed by atoms with Gasteiger partial charge in [-0.15, -0.1) is 0 Å². The van der Waals surface area contributed by atoms with E-state index in [4.69, 9.17) is 14.6 Å². The smallest absolute Gasteiger partial charge is 0.213 e. The van der Waals surface area contributed by atoms with Crippen molar-refractivity contribution in [2.45, 2.75) is 26.4 Å². The molecule has 4 nitrogen and oxygen atoms in total. The van der Waals surface area contributed by atoms with E-state index in [1.54, 1.807) is 6.07 Å². The molecular formula is C13H19NO3. The molecule has 1 aliphatic rings. The largest absolute Gasteiger partial charge is 0.477 e. The summed E-state index contributed by atoms with van der Waals surface area (Å²) in [7, 11) is 0. The molecule has 0 aliphatic carbocycles. The number of nitrogens with zero attached hydrogens (tertiary/aromatic N) is 1. The third kappa shape index (κ3) is 3.68. The van der Waals surface area contributed by atoms with Crippen LogP contribution in [-0.2, 0) is 11.3 Å². The molecular weight excluding hydrogens is 218 g/mol. The van der Waals surface area contributed by atoms with Gasteiger partial charge < -0.3 is 14.6 Å². The summed E-state index contributed by atoms with van der Waals surface area (Å²) in [5.74, 6) is 1.17. The predicted molar refractivity (Wildman–Crippen MR) is 63.9 cm³/mol. The van der Waals surface area contributed by atoms with E-state index in [2.05, 4.69) is 4.98 Å². The number of ether oxygens (including phenoxy) is 2. The zero-order valence-electron chi connectivity index (χ0n) is 10.2. The van der Waals surface area contributed by atoms with Gasteiger partial charge in [0, 0.05) is 25.0 Å². The van der Waals surface area contributed by atoms with Crippen LogP contribution in [0, 0.1) is 12.8 Å². The number of rotatable bonds is 4. The number of aryl methyl sites for hydroxylation is 1. The van der Waals surface area contributed by atoms with E-state index in [-0.39, 0.29) is 6.61 Å². The van der Waals surface area contributed by atoms with Gasteiger partial charge in [-0.05, 0) is 37.3 Å². The van der Waals surface area contributed by atoms with Gasteiger partial charge in [0.05, 0.1) is 13.2 Å². The zero-order valence-corrected chi connectivity index (χ0v) is 10.2. The second-order valence-corrected chi connectivity index (χ2v) is 4.48. The summed E-state index contributed by atoms with van der Waals surface area (Å²) in [5, 5.41) is 9.10. The Bertz CT molecular complexity index is 362. The number of hydrogen-bond acceptors (Lipinski definition) is 4. The summed E-state index contributed by atoms with van der Waals surface area (Å²) < 4.78 is 11.0. The van der Waals surface area contributed by atoms with Crippen LogP contribution in [-0.4, -0.2) is 29.9 Å². The SMILES string of the molecule is Cc1cc(CO)cc(OCC2CCOCC2)n1. The van der Waals surface area contributed by atoms with Gasteiger partial charge >= 0.3 is 0 Å². The lowest BCUT2D eigenvalue weighted by atomic mass is 10.0. The zero-order chi connectivity index (χ0) is 12.1. The molecule has 17 heavy (non-hydrogen) atoms. The molecule has 0 unspecified atom stereocenters. The van der Waals surface area contributed by atoms with Crippen molar-refractivity contribution >= 4 is 0 Å². The first kappa shape index (κ1) is 12.3. The summed E-state index contributed by atoms with van der Waals surface area (Å²) in [6, 6.07) is 3.66. The summed E-state index contributed by atoms with van der Waals surface area (Å²) in [5.41, 5.74) is 1.72. The molecule has 1 aliphatic heterocycles. The Labute approximate surface area is 102 Å². The van der Waals surface area contributed by atoms with Crippen LogP contribution in [0.2, 0.25) is 0 Å². The Hall–Kier alpha value is -1.13. The van der Waals surface area contributed by atoms with Crippen molar-refractivity contribution in [3.05, 3.63) is 23.4 Å².